The monoisotopic (exact) mass is 287 g/mol. The summed E-state index contributed by atoms with van der Waals surface area (Å²) < 4.78 is 9.50. The standard InChI is InChI=1S/C12H17NO7/c1-4-18-11(15)9-8(6-7(3)14)10(20-13(9)17)12(16)19-5-2/h8,10H,4-6H2,1-3H3. The second-order valence-electron chi connectivity index (χ2n) is 4.15. The van der Waals surface area contributed by atoms with E-state index in [0.29, 0.717) is 0 Å². The molecule has 2 unspecified atom stereocenters. The van der Waals surface area contributed by atoms with Crippen LogP contribution in [0.2, 0.25) is 0 Å². The Morgan fingerprint density at radius 1 is 1.25 bits per heavy atom. The highest BCUT2D eigenvalue weighted by atomic mass is 16.9. The van der Waals surface area contributed by atoms with Crippen molar-refractivity contribution in [2.45, 2.75) is 33.3 Å². The maximum Gasteiger partial charge on any atom is 0.405 e. The van der Waals surface area contributed by atoms with Gasteiger partial charge in [0, 0.05) is 6.42 Å². The van der Waals surface area contributed by atoms with Gasteiger partial charge in [-0.05, 0) is 20.8 Å². The highest BCUT2D eigenvalue weighted by molar-refractivity contribution is 6.36. The van der Waals surface area contributed by atoms with Gasteiger partial charge in [-0.1, -0.05) is 0 Å². The summed E-state index contributed by atoms with van der Waals surface area (Å²) in [4.78, 5) is 39.4. The molecule has 0 fully saturated rings. The van der Waals surface area contributed by atoms with Crippen molar-refractivity contribution >= 4 is 23.4 Å². The number of nitrogens with zero attached hydrogens (tertiary/aromatic N) is 1. The molecule has 1 aliphatic heterocycles. The van der Waals surface area contributed by atoms with E-state index in [-0.39, 0.29) is 36.0 Å². The predicted molar refractivity (Wildman–Crippen MR) is 65.6 cm³/mol. The first-order valence-electron chi connectivity index (χ1n) is 6.26. The van der Waals surface area contributed by atoms with Crippen LogP contribution in [-0.4, -0.2) is 47.7 Å². The van der Waals surface area contributed by atoms with E-state index in [4.69, 9.17) is 14.3 Å². The highest BCUT2D eigenvalue weighted by Crippen LogP contribution is 2.24. The third-order valence-corrected chi connectivity index (χ3v) is 2.63. The summed E-state index contributed by atoms with van der Waals surface area (Å²) in [6, 6.07) is 0. The topological polar surface area (TPSA) is 105 Å². The third-order valence-electron chi connectivity index (χ3n) is 2.63. The lowest BCUT2D eigenvalue weighted by Crippen LogP contribution is -2.37. The SMILES string of the molecule is CCOC(=O)C1=[N+]([O-])OC(C(=O)OCC)C1CC(C)=O. The van der Waals surface area contributed by atoms with Crippen molar-refractivity contribution < 1.29 is 33.6 Å². The zero-order chi connectivity index (χ0) is 15.3. The van der Waals surface area contributed by atoms with Crippen LogP contribution in [0.3, 0.4) is 0 Å². The molecule has 0 N–H and O–H groups in total. The molecule has 0 aliphatic carbocycles. The smallest absolute Gasteiger partial charge is 0.405 e. The molecule has 0 aromatic heterocycles. The number of esters is 2. The van der Waals surface area contributed by atoms with Crippen molar-refractivity contribution in [3.8, 4) is 0 Å². The fourth-order valence-electron chi connectivity index (χ4n) is 1.89. The minimum Gasteiger partial charge on any atom is -0.465 e. The van der Waals surface area contributed by atoms with E-state index in [1.807, 2.05) is 0 Å². The van der Waals surface area contributed by atoms with Crippen LogP contribution < -0.4 is 0 Å². The summed E-state index contributed by atoms with van der Waals surface area (Å²) in [6.45, 7) is 4.62. The Bertz CT molecular complexity index is 443. The molecule has 0 spiro atoms. The maximum absolute atomic E-state index is 11.7. The van der Waals surface area contributed by atoms with Crippen LogP contribution in [0.5, 0.6) is 0 Å². The summed E-state index contributed by atoms with van der Waals surface area (Å²) in [6.07, 6.45) is -1.49. The first kappa shape index (κ1) is 15.9. The molecule has 0 saturated carbocycles. The molecule has 0 bridgehead atoms. The van der Waals surface area contributed by atoms with Gasteiger partial charge in [0.25, 0.3) is 0 Å². The van der Waals surface area contributed by atoms with Crippen molar-refractivity contribution in [2.24, 2.45) is 5.92 Å². The molecule has 0 saturated heterocycles. The van der Waals surface area contributed by atoms with Crippen molar-refractivity contribution in [1.29, 1.82) is 0 Å². The van der Waals surface area contributed by atoms with Crippen molar-refractivity contribution in [3.63, 3.8) is 0 Å². The van der Waals surface area contributed by atoms with Crippen LogP contribution in [0.25, 0.3) is 0 Å². The summed E-state index contributed by atoms with van der Waals surface area (Å²) in [5, 5.41) is 11.6. The zero-order valence-electron chi connectivity index (χ0n) is 11.6. The number of carbonyl (C=O) groups is 3. The van der Waals surface area contributed by atoms with Gasteiger partial charge < -0.3 is 19.1 Å². The lowest BCUT2D eigenvalue weighted by atomic mass is 9.92. The Morgan fingerprint density at radius 2 is 1.85 bits per heavy atom. The second kappa shape index (κ2) is 6.88. The Morgan fingerprint density at radius 3 is 2.35 bits per heavy atom. The van der Waals surface area contributed by atoms with Gasteiger partial charge in [-0.3, -0.25) is 10.0 Å². The number of carbonyl (C=O) groups excluding carboxylic acids is 3. The molecule has 112 valence electrons. The highest BCUT2D eigenvalue weighted by Gasteiger charge is 2.49. The normalized spacial score (nSPS) is 21.4. The van der Waals surface area contributed by atoms with Crippen molar-refractivity contribution in [2.75, 3.05) is 13.2 Å². The maximum atomic E-state index is 11.7. The number of hydrogen-bond acceptors (Lipinski definition) is 7. The lowest BCUT2D eigenvalue weighted by Gasteiger charge is -2.15. The second-order valence-corrected chi connectivity index (χ2v) is 4.15. The lowest BCUT2D eigenvalue weighted by molar-refractivity contribution is -0.737. The molecule has 0 aromatic carbocycles. The van der Waals surface area contributed by atoms with Crippen LogP contribution in [0.1, 0.15) is 27.2 Å². The van der Waals surface area contributed by atoms with Crippen LogP contribution >= 0.6 is 0 Å². The van der Waals surface area contributed by atoms with E-state index in [0.717, 1.165) is 0 Å². The Labute approximate surface area is 115 Å². The van der Waals surface area contributed by atoms with Crippen LogP contribution in [0.15, 0.2) is 0 Å². The number of hydrogen-bond donors (Lipinski definition) is 0. The molecule has 0 aromatic rings. The predicted octanol–water partition coefficient (Wildman–Crippen LogP) is -0.0270. The number of ether oxygens (including phenoxy) is 2. The Hall–Kier alpha value is -2.12. The van der Waals surface area contributed by atoms with E-state index in [1.54, 1.807) is 13.8 Å². The van der Waals surface area contributed by atoms with Gasteiger partial charge in [0.2, 0.25) is 0 Å². The first-order chi connectivity index (χ1) is 9.42. The van der Waals surface area contributed by atoms with E-state index >= 15 is 0 Å². The summed E-state index contributed by atoms with van der Waals surface area (Å²) >= 11 is 0. The molecule has 1 rings (SSSR count). The molecule has 8 heteroatoms. The fraction of sp³-hybridized carbons (Fsp3) is 0.667. The molecule has 2 atom stereocenters. The number of Topliss-reactive ketones (excluding diaryl/α,β-unsaturated/α-hetero) is 1. The molecule has 0 radical (unpaired) electrons. The molecular weight excluding hydrogens is 270 g/mol. The summed E-state index contributed by atoms with van der Waals surface area (Å²) in [5.74, 6) is -2.98. The van der Waals surface area contributed by atoms with E-state index < -0.39 is 24.0 Å². The molecular formula is C12H17NO7. The average molecular weight is 287 g/mol. The molecule has 1 aliphatic rings. The van der Waals surface area contributed by atoms with Gasteiger partial charge >= 0.3 is 17.7 Å². The van der Waals surface area contributed by atoms with Crippen LogP contribution in [-0.2, 0) is 28.7 Å². The average Bonchev–Trinajstić information content (AvgIpc) is 2.66. The number of rotatable bonds is 6. The van der Waals surface area contributed by atoms with Crippen molar-refractivity contribution in [3.05, 3.63) is 5.21 Å². The first-order valence-corrected chi connectivity index (χ1v) is 6.26. The van der Waals surface area contributed by atoms with Gasteiger partial charge in [-0.15, -0.1) is 0 Å². The van der Waals surface area contributed by atoms with E-state index in [2.05, 4.69) is 0 Å². The molecule has 0 amide bonds. The van der Waals surface area contributed by atoms with Gasteiger partial charge in [0.05, 0.1) is 24.0 Å². The molecule has 1 heterocycles. The van der Waals surface area contributed by atoms with Gasteiger partial charge in [0.1, 0.15) is 5.78 Å². The summed E-state index contributed by atoms with van der Waals surface area (Å²) in [7, 11) is 0. The fourth-order valence-corrected chi connectivity index (χ4v) is 1.89. The van der Waals surface area contributed by atoms with Gasteiger partial charge in [-0.2, -0.15) is 0 Å². The minimum atomic E-state index is -1.31. The largest absolute Gasteiger partial charge is 0.465 e. The Kier molecular flexibility index (Phi) is 5.48. The van der Waals surface area contributed by atoms with Crippen molar-refractivity contribution in [1.82, 2.24) is 0 Å². The quantitative estimate of drug-likeness (QED) is 0.499. The third kappa shape index (κ3) is 3.46. The zero-order valence-corrected chi connectivity index (χ0v) is 11.6. The summed E-state index contributed by atoms with van der Waals surface area (Å²) in [5.41, 5.74) is -0.389. The minimum absolute atomic E-state index is 0.0623. The molecule has 8 nitrogen and oxygen atoms in total. The van der Waals surface area contributed by atoms with E-state index in [9.17, 15) is 19.6 Å². The Balaban J connectivity index is 3.01. The number of ketones is 1. The van der Waals surface area contributed by atoms with Crippen LogP contribution in [0, 0.1) is 11.1 Å². The van der Waals surface area contributed by atoms with Gasteiger partial charge in [-0.25, -0.2) is 4.79 Å². The van der Waals surface area contributed by atoms with E-state index in [1.165, 1.54) is 6.92 Å². The van der Waals surface area contributed by atoms with Crippen LogP contribution in [0.4, 0.5) is 0 Å². The molecule has 20 heavy (non-hydrogen) atoms. The van der Waals surface area contributed by atoms with Gasteiger partial charge in [0.15, 0.2) is 6.10 Å².